The van der Waals surface area contributed by atoms with E-state index in [1.807, 2.05) is 54.6 Å². The van der Waals surface area contributed by atoms with E-state index in [0.717, 1.165) is 26.0 Å². The zero-order chi connectivity index (χ0) is 21.5. The number of hydrogen-bond acceptors (Lipinski definition) is 4. The quantitative estimate of drug-likeness (QED) is 0.253. The van der Waals surface area contributed by atoms with Crippen molar-refractivity contribution in [3.8, 4) is 16.9 Å². The van der Waals surface area contributed by atoms with E-state index in [4.69, 9.17) is 8.92 Å². The molecule has 0 atom stereocenters. The second-order valence-electron chi connectivity index (χ2n) is 6.63. The molecule has 0 amide bonds. The van der Waals surface area contributed by atoms with Gasteiger partial charge in [-0.05, 0) is 72.5 Å². The molecule has 0 aliphatic carbocycles. The Labute approximate surface area is 192 Å². The maximum atomic E-state index is 13.2. The molecule has 0 heterocycles. The van der Waals surface area contributed by atoms with Gasteiger partial charge in [0.05, 0.1) is 18.2 Å². The van der Waals surface area contributed by atoms with Crippen molar-refractivity contribution >= 4 is 63.5 Å². The van der Waals surface area contributed by atoms with Crippen molar-refractivity contribution in [2.75, 3.05) is 13.7 Å². The Morgan fingerprint density at radius 3 is 1.93 bits per heavy atom. The summed E-state index contributed by atoms with van der Waals surface area (Å²) in [4.78, 5) is 0.0876. The van der Waals surface area contributed by atoms with Crippen LogP contribution in [0.15, 0.2) is 74.5 Å². The second-order valence-corrected chi connectivity index (χ2v) is 9.89. The lowest BCUT2D eigenvalue weighted by Crippen LogP contribution is -2.09. The number of benzene rings is 4. The van der Waals surface area contributed by atoms with Gasteiger partial charge in [0.2, 0.25) is 0 Å². The molecule has 4 nitrogen and oxygen atoms in total. The molecule has 0 spiro atoms. The first kappa shape index (κ1) is 21.3. The predicted molar refractivity (Wildman–Crippen MR) is 128 cm³/mol. The smallest absolute Gasteiger partial charge is 0.298 e. The molecule has 4 rings (SSSR count). The molecule has 0 saturated heterocycles. The Kier molecular flexibility index (Phi) is 5.90. The Morgan fingerprint density at radius 1 is 0.833 bits per heavy atom. The fourth-order valence-corrected chi connectivity index (χ4v) is 6.58. The average molecular weight is 550 g/mol. The highest BCUT2D eigenvalue weighted by Gasteiger charge is 2.29. The van der Waals surface area contributed by atoms with Crippen LogP contribution in [0, 0.1) is 0 Å². The van der Waals surface area contributed by atoms with Gasteiger partial charge < -0.3 is 4.74 Å². The fraction of sp³-hybridized carbons (Fsp3) is 0.130. The van der Waals surface area contributed by atoms with E-state index in [2.05, 4.69) is 31.9 Å². The van der Waals surface area contributed by atoms with Gasteiger partial charge in [0.25, 0.3) is 10.1 Å². The molecular weight excluding hydrogens is 532 g/mol. The number of rotatable bonds is 5. The van der Waals surface area contributed by atoms with E-state index in [-0.39, 0.29) is 11.5 Å². The van der Waals surface area contributed by atoms with Gasteiger partial charge in [-0.1, -0.05) is 48.5 Å². The fourth-order valence-electron chi connectivity index (χ4n) is 3.74. The number of halogens is 2. The van der Waals surface area contributed by atoms with Crippen molar-refractivity contribution in [1.82, 2.24) is 0 Å². The standard InChI is InChI=1S/C23H18Br2O4S/c1-3-29-30(26,27)23-19(25)13-15-9-5-7-11-17(15)21(23)20-16-10-6-4-8-14(16)12-18(24)22(20)28-2/h4-13H,3H2,1-2H3. The van der Waals surface area contributed by atoms with Crippen LogP contribution in [0.1, 0.15) is 6.92 Å². The molecule has 0 fully saturated rings. The normalized spacial score (nSPS) is 11.9. The zero-order valence-electron chi connectivity index (χ0n) is 16.3. The van der Waals surface area contributed by atoms with E-state index >= 15 is 0 Å². The van der Waals surface area contributed by atoms with Gasteiger partial charge in [0.15, 0.2) is 0 Å². The molecule has 0 aliphatic heterocycles. The first-order chi connectivity index (χ1) is 14.4. The van der Waals surface area contributed by atoms with Crippen LogP contribution >= 0.6 is 31.9 Å². The summed E-state index contributed by atoms with van der Waals surface area (Å²) in [6.45, 7) is 1.69. The van der Waals surface area contributed by atoms with Crippen molar-refractivity contribution in [3.05, 3.63) is 69.6 Å². The summed E-state index contributed by atoms with van der Waals surface area (Å²) in [6, 6.07) is 19.3. The van der Waals surface area contributed by atoms with Crippen molar-refractivity contribution < 1.29 is 17.3 Å². The first-order valence-electron chi connectivity index (χ1n) is 9.25. The van der Waals surface area contributed by atoms with Gasteiger partial charge in [-0.3, -0.25) is 4.18 Å². The lowest BCUT2D eigenvalue weighted by molar-refractivity contribution is 0.338. The molecule has 0 aromatic heterocycles. The highest BCUT2D eigenvalue weighted by Crippen LogP contribution is 2.49. The third-order valence-electron chi connectivity index (χ3n) is 4.89. The van der Waals surface area contributed by atoms with Gasteiger partial charge in [-0.25, -0.2) is 0 Å². The van der Waals surface area contributed by atoms with Crippen molar-refractivity contribution in [2.45, 2.75) is 11.8 Å². The molecule has 0 bridgehead atoms. The summed E-state index contributed by atoms with van der Waals surface area (Å²) in [5.74, 6) is 0.560. The van der Waals surface area contributed by atoms with Gasteiger partial charge in [-0.15, -0.1) is 0 Å². The van der Waals surface area contributed by atoms with Crippen LogP contribution < -0.4 is 4.74 Å². The monoisotopic (exact) mass is 548 g/mol. The molecular formula is C23H18Br2O4S. The predicted octanol–water partition coefficient (Wildman–Crippen LogP) is 6.92. The van der Waals surface area contributed by atoms with E-state index in [0.29, 0.717) is 21.3 Å². The molecule has 4 aromatic rings. The molecule has 0 unspecified atom stereocenters. The molecule has 4 aromatic carbocycles. The maximum Gasteiger partial charge on any atom is 0.298 e. The van der Waals surface area contributed by atoms with Crippen molar-refractivity contribution in [3.63, 3.8) is 0 Å². The van der Waals surface area contributed by atoms with E-state index < -0.39 is 10.1 Å². The number of fused-ring (bicyclic) bond motifs is 2. The number of hydrogen-bond donors (Lipinski definition) is 0. The minimum Gasteiger partial charge on any atom is -0.495 e. The van der Waals surface area contributed by atoms with Gasteiger partial charge >= 0.3 is 0 Å². The summed E-state index contributed by atoms with van der Waals surface area (Å²) in [5.41, 5.74) is 1.24. The summed E-state index contributed by atoms with van der Waals surface area (Å²) in [7, 11) is -2.46. The first-order valence-corrected chi connectivity index (χ1v) is 12.2. The Hall–Kier alpha value is -1.93. The topological polar surface area (TPSA) is 52.6 Å². The molecule has 154 valence electrons. The molecule has 0 aliphatic rings. The van der Waals surface area contributed by atoms with Gasteiger partial charge in [0.1, 0.15) is 10.6 Å². The molecule has 0 N–H and O–H groups in total. The maximum absolute atomic E-state index is 13.2. The van der Waals surface area contributed by atoms with Crippen molar-refractivity contribution in [2.24, 2.45) is 0 Å². The molecule has 30 heavy (non-hydrogen) atoms. The lowest BCUT2D eigenvalue weighted by Gasteiger charge is -2.20. The SMILES string of the molecule is CCOS(=O)(=O)c1c(Br)cc2ccccc2c1-c1c(OC)c(Br)cc2ccccc12. The van der Waals surface area contributed by atoms with E-state index in [1.165, 1.54) is 0 Å². The van der Waals surface area contributed by atoms with E-state index in [9.17, 15) is 8.42 Å². The van der Waals surface area contributed by atoms with Crippen LogP contribution in [0.25, 0.3) is 32.7 Å². The summed E-state index contributed by atoms with van der Waals surface area (Å²) in [5, 5.41) is 3.54. The average Bonchev–Trinajstić information content (AvgIpc) is 2.71. The Bertz CT molecular complexity index is 1380. The Morgan fingerprint density at radius 2 is 1.37 bits per heavy atom. The lowest BCUT2D eigenvalue weighted by atomic mass is 9.93. The highest BCUT2D eigenvalue weighted by molar-refractivity contribution is 9.10. The summed E-state index contributed by atoms with van der Waals surface area (Å²) >= 11 is 7.09. The minimum atomic E-state index is -4.04. The van der Waals surface area contributed by atoms with Crippen LogP contribution in [0.4, 0.5) is 0 Å². The molecule has 0 radical (unpaired) electrons. The Balaban J connectivity index is 2.30. The third-order valence-corrected chi connectivity index (χ3v) is 7.84. The second kappa shape index (κ2) is 8.30. The molecule has 7 heteroatoms. The molecule has 0 saturated carbocycles. The zero-order valence-corrected chi connectivity index (χ0v) is 20.3. The minimum absolute atomic E-state index is 0.0391. The van der Waals surface area contributed by atoms with Gasteiger partial charge in [0, 0.05) is 15.6 Å². The van der Waals surface area contributed by atoms with Crippen LogP contribution in [-0.2, 0) is 14.3 Å². The third kappa shape index (κ3) is 3.54. The van der Waals surface area contributed by atoms with Crippen LogP contribution in [0.2, 0.25) is 0 Å². The van der Waals surface area contributed by atoms with Gasteiger partial charge in [-0.2, -0.15) is 8.42 Å². The summed E-state index contributed by atoms with van der Waals surface area (Å²) < 4.78 is 38.6. The van der Waals surface area contributed by atoms with Crippen LogP contribution in [0.3, 0.4) is 0 Å². The van der Waals surface area contributed by atoms with Crippen molar-refractivity contribution in [1.29, 1.82) is 0 Å². The number of methoxy groups -OCH3 is 1. The van der Waals surface area contributed by atoms with E-state index in [1.54, 1.807) is 20.1 Å². The highest BCUT2D eigenvalue weighted by atomic mass is 79.9. The van der Waals surface area contributed by atoms with Crippen LogP contribution in [-0.4, -0.2) is 22.1 Å². The van der Waals surface area contributed by atoms with Crippen LogP contribution in [0.5, 0.6) is 5.75 Å². The number of ether oxygens (including phenoxy) is 1. The largest absolute Gasteiger partial charge is 0.495 e. The summed E-state index contributed by atoms with van der Waals surface area (Å²) in [6.07, 6.45) is 0.